The molecule has 7 heteroatoms. The molecule has 1 N–H and O–H groups in total. The van der Waals surface area contributed by atoms with Crippen LogP contribution >= 0.6 is 0 Å². The van der Waals surface area contributed by atoms with E-state index in [1.54, 1.807) is 56.7 Å². The molecule has 7 nitrogen and oxygen atoms in total. The third-order valence-electron chi connectivity index (χ3n) is 5.82. The van der Waals surface area contributed by atoms with Gasteiger partial charge in [0.05, 0.1) is 34.0 Å². The fourth-order valence-electron chi connectivity index (χ4n) is 3.99. The Morgan fingerprint density at radius 2 is 1.24 bits per heavy atom. The molecular weight excluding hydrogens is 436 g/mol. The van der Waals surface area contributed by atoms with Crippen molar-refractivity contribution in [2.75, 3.05) is 28.4 Å². The second-order valence-electron chi connectivity index (χ2n) is 7.74. The molecule has 0 bridgehead atoms. The zero-order valence-corrected chi connectivity index (χ0v) is 19.5. The quantitative estimate of drug-likeness (QED) is 0.504. The average Bonchev–Trinajstić information content (AvgIpc) is 3.13. The highest BCUT2D eigenvalue weighted by Crippen LogP contribution is 2.46. The van der Waals surface area contributed by atoms with Gasteiger partial charge in [-0.2, -0.15) is 0 Å². The molecule has 0 saturated carbocycles. The molecule has 1 aliphatic heterocycles. The number of carbonyl (C=O) groups excluding carboxylic acids is 1. The highest BCUT2D eigenvalue weighted by atomic mass is 16.7. The third-order valence-corrected chi connectivity index (χ3v) is 5.82. The van der Waals surface area contributed by atoms with Crippen molar-refractivity contribution in [1.82, 2.24) is 0 Å². The molecule has 0 aromatic heterocycles. The Bertz CT molecular complexity index is 1190. The van der Waals surface area contributed by atoms with Crippen LogP contribution in [0.15, 0.2) is 72.3 Å². The van der Waals surface area contributed by atoms with E-state index >= 15 is 0 Å². The van der Waals surface area contributed by atoms with E-state index < -0.39 is 11.8 Å². The summed E-state index contributed by atoms with van der Waals surface area (Å²) in [6.45, 7) is 0. The minimum absolute atomic E-state index is 0.256. The van der Waals surface area contributed by atoms with Crippen LogP contribution < -0.4 is 18.9 Å². The normalized spacial score (nSPS) is 17.4. The lowest BCUT2D eigenvalue weighted by atomic mass is 9.88. The van der Waals surface area contributed by atoms with Gasteiger partial charge in [0.25, 0.3) is 5.79 Å². The molecule has 4 rings (SSSR count). The summed E-state index contributed by atoms with van der Waals surface area (Å²) < 4.78 is 26.9. The van der Waals surface area contributed by atoms with Gasteiger partial charge in [0.1, 0.15) is 23.0 Å². The molecule has 1 aliphatic rings. The molecular formula is C27H26O7. The van der Waals surface area contributed by atoms with E-state index in [0.717, 1.165) is 5.56 Å². The first kappa shape index (κ1) is 23.2. The Hall–Kier alpha value is -3.97. The smallest absolute Gasteiger partial charge is 0.342 e. The Morgan fingerprint density at radius 3 is 1.74 bits per heavy atom. The van der Waals surface area contributed by atoms with Crippen molar-refractivity contribution in [1.29, 1.82) is 0 Å². The van der Waals surface area contributed by atoms with Crippen LogP contribution in [0.5, 0.6) is 23.0 Å². The maximum Gasteiger partial charge on any atom is 0.342 e. The van der Waals surface area contributed by atoms with Gasteiger partial charge in [-0.05, 0) is 59.7 Å². The maximum absolute atomic E-state index is 13.2. The number of ether oxygens (including phenoxy) is 5. The van der Waals surface area contributed by atoms with E-state index in [2.05, 4.69) is 0 Å². The average molecular weight is 462 g/mol. The lowest BCUT2D eigenvalue weighted by Crippen LogP contribution is -2.29. The fraction of sp³-hybridized carbons (Fsp3) is 0.222. The van der Waals surface area contributed by atoms with Crippen LogP contribution in [-0.4, -0.2) is 39.5 Å². The monoisotopic (exact) mass is 462 g/mol. The Kier molecular flexibility index (Phi) is 6.47. The van der Waals surface area contributed by atoms with Crippen molar-refractivity contribution in [3.05, 3.63) is 89.0 Å². The SMILES string of the molecule is COc1ccc(CC2=C(c3cc(OC)cc(OC)c3)C(=O)OC2(O)c2ccc(OC)cc2)cc1. The van der Waals surface area contributed by atoms with Crippen LogP contribution in [0.25, 0.3) is 5.57 Å². The van der Waals surface area contributed by atoms with Gasteiger partial charge >= 0.3 is 5.97 Å². The van der Waals surface area contributed by atoms with Crippen molar-refractivity contribution >= 4 is 11.5 Å². The second kappa shape index (κ2) is 9.49. The van der Waals surface area contributed by atoms with Gasteiger partial charge in [-0.25, -0.2) is 4.79 Å². The van der Waals surface area contributed by atoms with Gasteiger partial charge in [-0.3, -0.25) is 0 Å². The van der Waals surface area contributed by atoms with Crippen LogP contribution in [0.4, 0.5) is 0 Å². The number of hydrogen-bond acceptors (Lipinski definition) is 7. The van der Waals surface area contributed by atoms with Gasteiger partial charge < -0.3 is 28.8 Å². The first-order chi connectivity index (χ1) is 16.4. The number of esters is 1. The summed E-state index contributed by atoms with van der Waals surface area (Å²) in [6, 6.07) is 19.3. The van der Waals surface area contributed by atoms with Gasteiger partial charge in [0.2, 0.25) is 0 Å². The molecule has 0 fully saturated rings. The predicted molar refractivity (Wildman–Crippen MR) is 126 cm³/mol. The minimum atomic E-state index is -1.96. The van der Waals surface area contributed by atoms with Gasteiger partial charge in [-0.15, -0.1) is 0 Å². The van der Waals surface area contributed by atoms with Crippen LogP contribution in [-0.2, 0) is 21.7 Å². The number of cyclic esters (lactones) is 1. The van der Waals surface area contributed by atoms with Crippen molar-refractivity contribution < 1.29 is 33.6 Å². The number of benzene rings is 3. The fourth-order valence-corrected chi connectivity index (χ4v) is 3.99. The van der Waals surface area contributed by atoms with E-state index in [9.17, 15) is 9.90 Å². The van der Waals surface area contributed by atoms with Crippen LogP contribution in [0.1, 0.15) is 16.7 Å². The summed E-state index contributed by atoms with van der Waals surface area (Å²) in [4.78, 5) is 13.2. The van der Waals surface area contributed by atoms with Gasteiger partial charge in [-0.1, -0.05) is 12.1 Å². The third kappa shape index (κ3) is 4.30. The van der Waals surface area contributed by atoms with E-state index in [1.165, 1.54) is 14.2 Å². The van der Waals surface area contributed by atoms with Gasteiger partial charge in [0, 0.05) is 23.6 Å². The zero-order chi connectivity index (χ0) is 24.3. The van der Waals surface area contributed by atoms with Crippen LogP contribution in [0, 0.1) is 0 Å². The van der Waals surface area contributed by atoms with E-state index in [4.69, 9.17) is 23.7 Å². The highest BCUT2D eigenvalue weighted by Gasteiger charge is 2.48. The van der Waals surface area contributed by atoms with Crippen molar-refractivity contribution in [3.63, 3.8) is 0 Å². The molecule has 3 aromatic rings. The van der Waals surface area contributed by atoms with Crippen molar-refractivity contribution in [2.45, 2.75) is 12.2 Å². The van der Waals surface area contributed by atoms with Crippen molar-refractivity contribution in [2.24, 2.45) is 0 Å². The summed E-state index contributed by atoms with van der Waals surface area (Å²) in [5.74, 6) is -0.252. The molecule has 0 aliphatic carbocycles. The molecule has 176 valence electrons. The second-order valence-corrected chi connectivity index (χ2v) is 7.74. The lowest BCUT2D eigenvalue weighted by Gasteiger charge is -2.26. The molecule has 0 saturated heterocycles. The molecule has 1 heterocycles. The Morgan fingerprint density at radius 1 is 0.735 bits per heavy atom. The summed E-state index contributed by atoms with van der Waals surface area (Å²) in [6.07, 6.45) is 0.257. The number of methoxy groups -OCH3 is 4. The standard InChI is InChI=1S/C27H26O7/c1-30-20-9-5-17(6-10-20)13-24-25(18-14-22(32-3)16-23(15-18)33-4)26(28)34-27(24,29)19-7-11-21(31-2)12-8-19/h5-12,14-16,29H,13H2,1-4H3. The largest absolute Gasteiger partial charge is 0.497 e. The van der Waals surface area contributed by atoms with E-state index in [1.807, 2.05) is 24.3 Å². The maximum atomic E-state index is 13.2. The number of carbonyl (C=O) groups is 1. The summed E-state index contributed by atoms with van der Waals surface area (Å²) in [5.41, 5.74) is 2.46. The first-order valence-corrected chi connectivity index (χ1v) is 10.6. The summed E-state index contributed by atoms with van der Waals surface area (Å²) in [7, 11) is 6.22. The summed E-state index contributed by atoms with van der Waals surface area (Å²) >= 11 is 0. The topological polar surface area (TPSA) is 83.5 Å². The molecule has 0 amide bonds. The van der Waals surface area contributed by atoms with E-state index in [-0.39, 0.29) is 12.0 Å². The Labute approximate surface area is 198 Å². The lowest BCUT2D eigenvalue weighted by molar-refractivity contribution is -0.185. The highest BCUT2D eigenvalue weighted by molar-refractivity contribution is 6.20. The minimum Gasteiger partial charge on any atom is -0.497 e. The number of hydrogen-bond donors (Lipinski definition) is 1. The summed E-state index contributed by atoms with van der Waals surface area (Å²) in [5, 5.41) is 11.8. The first-order valence-electron chi connectivity index (χ1n) is 10.6. The molecule has 0 radical (unpaired) electrons. The van der Waals surface area contributed by atoms with Gasteiger partial charge in [0.15, 0.2) is 0 Å². The molecule has 0 spiro atoms. The molecule has 34 heavy (non-hydrogen) atoms. The number of aliphatic hydroxyl groups is 1. The predicted octanol–water partition coefficient (Wildman–Crippen LogP) is 4.12. The number of rotatable bonds is 8. The molecule has 1 unspecified atom stereocenters. The van der Waals surface area contributed by atoms with Crippen molar-refractivity contribution in [3.8, 4) is 23.0 Å². The van der Waals surface area contributed by atoms with Crippen LogP contribution in [0.3, 0.4) is 0 Å². The molecule has 3 aromatic carbocycles. The molecule has 1 atom stereocenters. The Balaban J connectivity index is 1.90. The van der Waals surface area contributed by atoms with E-state index in [0.29, 0.717) is 39.7 Å². The van der Waals surface area contributed by atoms with Crippen LogP contribution in [0.2, 0.25) is 0 Å². The zero-order valence-electron chi connectivity index (χ0n) is 19.5.